The molecule has 0 fully saturated rings. The van der Waals surface area contributed by atoms with E-state index in [1.807, 2.05) is 109 Å². The largest absolute Gasteiger partial charge is 0.332 e. The second-order valence-electron chi connectivity index (χ2n) is 13.0. The fourth-order valence-corrected chi connectivity index (χ4v) is 7.71. The van der Waals surface area contributed by atoms with Crippen LogP contribution in [0.15, 0.2) is 200 Å². The number of rotatable bonds is 7. The van der Waals surface area contributed by atoms with E-state index in [4.69, 9.17) is 7.73 Å². The van der Waals surface area contributed by atoms with Gasteiger partial charge in [0.1, 0.15) is 0 Å². The monoisotopic (exact) mass is 916 g/mol. The average Bonchev–Trinajstić information content (AvgIpc) is 3.89. The van der Waals surface area contributed by atoms with Gasteiger partial charge in [-0.05, 0) is 47.0 Å². The number of thiophene rings is 1. The van der Waals surface area contributed by atoms with E-state index in [0.717, 1.165) is 71.7 Å². The van der Waals surface area contributed by atoms with Crippen LogP contribution in [0, 0.1) is 11.4 Å². The van der Waals surface area contributed by atoms with E-state index in [1.54, 1.807) is 6.20 Å². The first-order valence-corrected chi connectivity index (χ1v) is 19.0. The van der Waals surface area contributed by atoms with Gasteiger partial charge in [0.15, 0.2) is 0 Å². The molecule has 0 saturated carbocycles. The standard InChI is InChI=1S/C40H27N2S.C11H8N.Ir/c1-4-13-28(14-5-1)25-29-23-24-38-34(26-29)35(27-43-38)40-41-36-21-10-11-22-37(36)42(40)39-32(30-15-6-2-7-16-30)19-12-20-33(39)31-17-8-3-9-18-31;1-2-6-10(7-3-1)11-8-4-5-9-12-11;/h1-24,26H,25H2;1-6,8-9H;/q2*-1;/i25D2;;. The van der Waals surface area contributed by atoms with Crippen molar-refractivity contribution in [3.8, 4) is 50.6 Å². The Labute approximate surface area is 347 Å². The number of hydrogen-bond donors (Lipinski definition) is 0. The second-order valence-corrected chi connectivity index (χ2v) is 13.8. The van der Waals surface area contributed by atoms with E-state index in [9.17, 15) is 0 Å². The zero-order valence-electron chi connectivity index (χ0n) is 32.1. The van der Waals surface area contributed by atoms with E-state index in [0.29, 0.717) is 11.1 Å². The summed E-state index contributed by atoms with van der Waals surface area (Å²) < 4.78 is 21.4. The Balaban J connectivity index is 0.000000309. The molecule has 0 amide bonds. The van der Waals surface area contributed by atoms with Crippen LogP contribution in [0.25, 0.3) is 71.7 Å². The van der Waals surface area contributed by atoms with Gasteiger partial charge in [-0.1, -0.05) is 167 Å². The van der Waals surface area contributed by atoms with Crippen molar-refractivity contribution in [2.45, 2.75) is 6.37 Å². The van der Waals surface area contributed by atoms with Gasteiger partial charge in [-0.2, -0.15) is 0 Å². The second kappa shape index (κ2) is 17.1. The first kappa shape index (κ1) is 34.3. The topological polar surface area (TPSA) is 30.7 Å². The maximum Gasteiger partial charge on any atom is 0.0774 e. The van der Waals surface area contributed by atoms with Crippen molar-refractivity contribution < 1.29 is 22.8 Å². The summed E-state index contributed by atoms with van der Waals surface area (Å²) in [5.74, 6) is 0.778. The molecule has 271 valence electrons. The number of nitrogens with zero attached hydrogens (tertiary/aromatic N) is 3. The van der Waals surface area contributed by atoms with Crippen molar-refractivity contribution >= 4 is 32.5 Å². The predicted molar refractivity (Wildman–Crippen MR) is 229 cm³/mol. The van der Waals surface area contributed by atoms with Crippen LogP contribution in [0.5, 0.6) is 0 Å². The van der Waals surface area contributed by atoms with Crippen molar-refractivity contribution in [2.24, 2.45) is 0 Å². The number of fused-ring (bicyclic) bond motifs is 2. The smallest absolute Gasteiger partial charge is 0.0774 e. The van der Waals surface area contributed by atoms with Gasteiger partial charge in [-0.25, -0.2) is 0 Å². The molecule has 0 aliphatic heterocycles. The van der Waals surface area contributed by atoms with E-state index in [1.165, 1.54) is 11.3 Å². The summed E-state index contributed by atoms with van der Waals surface area (Å²) in [6.07, 6.45) is 0.130. The van der Waals surface area contributed by atoms with Crippen molar-refractivity contribution in [2.75, 3.05) is 0 Å². The molecule has 0 saturated heterocycles. The van der Waals surface area contributed by atoms with Crippen molar-refractivity contribution in [3.05, 3.63) is 223 Å². The minimum absolute atomic E-state index is 0. The third-order valence-electron chi connectivity index (χ3n) is 9.44. The predicted octanol–water partition coefficient (Wildman–Crippen LogP) is 13.2. The molecule has 3 heterocycles. The number of benzene rings is 7. The molecule has 7 aromatic carbocycles. The molecule has 0 bridgehead atoms. The fourth-order valence-electron chi connectivity index (χ4n) is 6.89. The van der Waals surface area contributed by atoms with Gasteiger partial charge in [0.05, 0.1) is 22.5 Å². The van der Waals surface area contributed by atoms with Gasteiger partial charge in [0.25, 0.3) is 0 Å². The van der Waals surface area contributed by atoms with Gasteiger partial charge < -0.3 is 9.55 Å². The third-order valence-corrected chi connectivity index (χ3v) is 10.3. The quantitative estimate of drug-likeness (QED) is 0.149. The Morgan fingerprint density at radius 3 is 1.95 bits per heavy atom. The Morgan fingerprint density at radius 1 is 0.607 bits per heavy atom. The van der Waals surface area contributed by atoms with Crippen LogP contribution in [0.1, 0.15) is 13.9 Å². The van der Waals surface area contributed by atoms with E-state index in [2.05, 4.69) is 106 Å². The Morgan fingerprint density at radius 2 is 1.27 bits per heavy atom. The number of hydrogen-bond acceptors (Lipinski definition) is 3. The van der Waals surface area contributed by atoms with Crippen LogP contribution in [0.2, 0.25) is 0 Å². The van der Waals surface area contributed by atoms with Crippen LogP contribution in [-0.2, 0) is 26.5 Å². The molecular formula is C51H35IrN3S-2. The summed E-state index contributed by atoms with van der Waals surface area (Å²) in [5.41, 5.74) is 11.5. The SMILES string of the molecule is [2H]C([2H])(c1ccccc1)c1ccc2s[c-]c(-c3nc4ccccc4n3-c3c(-c4ccccc4)cccc3-c3ccccc3)c2c1.[Ir].[c-]1ccccc1-c1ccccn1. The zero-order valence-corrected chi connectivity index (χ0v) is 33.3. The summed E-state index contributed by atoms with van der Waals surface area (Å²) in [7, 11) is 0. The van der Waals surface area contributed by atoms with Gasteiger partial charge in [-0.3, -0.25) is 16.3 Å². The van der Waals surface area contributed by atoms with Crippen LogP contribution < -0.4 is 0 Å². The minimum Gasteiger partial charge on any atom is -0.332 e. The molecular weight excluding hydrogens is 879 g/mol. The first-order valence-electron chi connectivity index (χ1n) is 19.2. The maximum absolute atomic E-state index is 9.06. The molecule has 10 aromatic rings. The number of imidazole rings is 1. The first-order chi connectivity index (χ1) is 28.1. The number of aromatic nitrogens is 3. The Kier molecular flexibility index (Phi) is 10.4. The molecule has 3 aromatic heterocycles. The number of para-hydroxylation sites is 3. The summed E-state index contributed by atoms with van der Waals surface area (Å²) >= 11 is 1.54. The van der Waals surface area contributed by atoms with Crippen molar-refractivity contribution in [3.63, 3.8) is 0 Å². The third kappa shape index (κ3) is 7.66. The molecule has 1 radical (unpaired) electrons. The minimum atomic E-state index is -1.66. The van der Waals surface area contributed by atoms with Crippen LogP contribution in [0.4, 0.5) is 0 Å². The average molecular weight is 916 g/mol. The molecule has 5 heteroatoms. The van der Waals surface area contributed by atoms with Gasteiger partial charge in [0, 0.05) is 40.2 Å². The molecule has 0 spiro atoms. The molecule has 0 N–H and O–H groups in total. The summed E-state index contributed by atoms with van der Waals surface area (Å²) in [6.45, 7) is 0. The molecule has 10 rings (SSSR count). The molecule has 56 heavy (non-hydrogen) atoms. The van der Waals surface area contributed by atoms with Crippen LogP contribution in [-0.4, -0.2) is 14.5 Å². The molecule has 0 aliphatic carbocycles. The summed E-state index contributed by atoms with van der Waals surface area (Å²) in [6, 6.07) is 67.8. The fraction of sp³-hybridized carbons (Fsp3) is 0.0196. The van der Waals surface area contributed by atoms with E-state index < -0.39 is 6.37 Å². The van der Waals surface area contributed by atoms with Crippen LogP contribution >= 0.6 is 11.3 Å². The Bertz CT molecular complexity index is 2820. The van der Waals surface area contributed by atoms with Gasteiger partial charge in [0.2, 0.25) is 0 Å². The van der Waals surface area contributed by atoms with Gasteiger partial charge >= 0.3 is 0 Å². The van der Waals surface area contributed by atoms with Crippen molar-refractivity contribution in [1.29, 1.82) is 0 Å². The summed E-state index contributed by atoms with van der Waals surface area (Å²) in [4.78, 5) is 9.46. The molecule has 3 nitrogen and oxygen atoms in total. The number of pyridine rings is 1. The summed E-state index contributed by atoms with van der Waals surface area (Å²) in [5, 5.41) is 4.51. The van der Waals surface area contributed by atoms with Crippen molar-refractivity contribution in [1.82, 2.24) is 14.5 Å². The molecule has 0 atom stereocenters. The van der Waals surface area contributed by atoms with Gasteiger partial charge in [-0.15, -0.1) is 47.3 Å². The maximum atomic E-state index is 9.06. The normalized spacial score (nSPS) is 11.6. The van der Waals surface area contributed by atoms with E-state index in [-0.39, 0.29) is 20.1 Å². The molecule has 0 aliphatic rings. The van der Waals surface area contributed by atoms with Crippen LogP contribution in [0.3, 0.4) is 0 Å². The zero-order chi connectivity index (χ0) is 38.6. The molecule has 0 unspecified atom stereocenters. The van der Waals surface area contributed by atoms with E-state index >= 15 is 0 Å². The Hall–Kier alpha value is -6.23.